The normalized spacial score (nSPS) is 18.1. The van der Waals surface area contributed by atoms with Crippen molar-refractivity contribution in [2.75, 3.05) is 13.1 Å². The summed E-state index contributed by atoms with van der Waals surface area (Å²) in [4.78, 5) is 13.8. The Kier molecular flexibility index (Phi) is 4.70. The zero-order valence-electron chi connectivity index (χ0n) is 11.5. The number of carbonyl (C=O) groups excluding carboxylic acids is 1. The molecule has 0 bridgehead atoms. The van der Waals surface area contributed by atoms with Gasteiger partial charge in [0.25, 0.3) is 0 Å². The lowest BCUT2D eigenvalue weighted by molar-refractivity contribution is -0.132. The Labute approximate surface area is 117 Å². The molecule has 1 aromatic carbocycles. The molecule has 0 aromatic heterocycles. The van der Waals surface area contributed by atoms with E-state index >= 15 is 0 Å². The molecule has 5 heteroatoms. The van der Waals surface area contributed by atoms with Crippen LogP contribution in [0.3, 0.4) is 0 Å². The van der Waals surface area contributed by atoms with Crippen molar-refractivity contribution in [2.45, 2.75) is 32.3 Å². The minimum Gasteiger partial charge on any atom is -0.393 e. The van der Waals surface area contributed by atoms with E-state index < -0.39 is 11.6 Å². The lowest BCUT2D eigenvalue weighted by Crippen LogP contribution is -2.41. The second kappa shape index (κ2) is 6.31. The van der Waals surface area contributed by atoms with Gasteiger partial charge in [-0.15, -0.1) is 0 Å². The van der Waals surface area contributed by atoms with Crippen LogP contribution >= 0.6 is 0 Å². The van der Waals surface area contributed by atoms with Gasteiger partial charge in [0, 0.05) is 13.1 Å². The number of rotatable bonds is 3. The first kappa shape index (κ1) is 14.9. The summed E-state index contributed by atoms with van der Waals surface area (Å²) in [5.74, 6) is -1.68. The molecular formula is C15H19F2NO2. The van der Waals surface area contributed by atoms with Crippen LogP contribution in [0, 0.1) is 17.6 Å². The van der Waals surface area contributed by atoms with E-state index in [2.05, 4.69) is 0 Å². The van der Waals surface area contributed by atoms with E-state index in [-0.39, 0.29) is 24.3 Å². The molecule has 0 radical (unpaired) electrons. The molecule has 1 amide bonds. The Balaban J connectivity index is 1.91. The lowest BCUT2D eigenvalue weighted by Gasteiger charge is -2.33. The first-order chi connectivity index (χ1) is 9.47. The molecule has 0 spiro atoms. The minimum atomic E-state index is -0.928. The van der Waals surface area contributed by atoms with E-state index in [9.17, 15) is 18.7 Å². The highest BCUT2D eigenvalue weighted by Gasteiger charge is 2.25. The van der Waals surface area contributed by atoms with E-state index in [0.717, 1.165) is 25.0 Å². The molecule has 0 saturated carbocycles. The van der Waals surface area contributed by atoms with Gasteiger partial charge in [-0.25, -0.2) is 8.78 Å². The summed E-state index contributed by atoms with van der Waals surface area (Å²) in [5.41, 5.74) is 0.478. The first-order valence-corrected chi connectivity index (χ1v) is 6.87. The van der Waals surface area contributed by atoms with Crippen LogP contribution in [0.15, 0.2) is 18.2 Å². The fraction of sp³-hybridized carbons (Fsp3) is 0.533. The van der Waals surface area contributed by atoms with Crippen molar-refractivity contribution in [3.05, 3.63) is 35.4 Å². The standard InChI is InChI=1S/C15H19F2NO2/c1-10(19)12-4-6-18(7-5-12)15(20)9-11-2-3-13(16)14(17)8-11/h2-3,8,10,12,19H,4-7,9H2,1H3. The van der Waals surface area contributed by atoms with E-state index in [0.29, 0.717) is 18.7 Å². The summed E-state index contributed by atoms with van der Waals surface area (Å²) >= 11 is 0. The maximum Gasteiger partial charge on any atom is 0.226 e. The summed E-state index contributed by atoms with van der Waals surface area (Å²) in [6, 6.07) is 3.53. The third kappa shape index (κ3) is 3.54. The highest BCUT2D eigenvalue weighted by atomic mass is 19.2. The highest BCUT2D eigenvalue weighted by Crippen LogP contribution is 2.21. The summed E-state index contributed by atoms with van der Waals surface area (Å²) < 4.78 is 25.9. The van der Waals surface area contributed by atoms with Gasteiger partial charge < -0.3 is 10.0 Å². The van der Waals surface area contributed by atoms with Gasteiger partial charge in [-0.3, -0.25) is 4.79 Å². The molecule has 1 N–H and O–H groups in total. The summed E-state index contributed by atoms with van der Waals surface area (Å²) in [5, 5.41) is 9.51. The first-order valence-electron chi connectivity index (χ1n) is 6.87. The van der Waals surface area contributed by atoms with Gasteiger partial charge in [0.05, 0.1) is 12.5 Å². The Bertz CT molecular complexity index is 483. The maximum absolute atomic E-state index is 13.1. The molecule has 20 heavy (non-hydrogen) atoms. The van der Waals surface area contributed by atoms with Crippen LogP contribution in [0.1, 0.15) is 25.3 Å². The summed E-state index contributed by atoms with van der Waals surface area (Å²) in [6.07, 6.45) is 1.29. The Morgan fingerprint density at radius 2 is 2.00 bits per heavy atom. The third-order valence-electron chi connectivity index (χ3n) is 3.91. The van der Waals surface area contributed by atoms with E-state index in [1.165, 1.54) is 6.07 Å². The van der Waals surface area contributed by atoms with Gasteiger partial charge in [-0.1, -0.05) is 6.07 Å². The monoisotopic (exact) mass is 283 g/mol. The quantitative estimate of drug-likeness (QED) is 0.923. The Morgan fingerprint density at radius 3 is 2.55 bits per heavy atom. The van der Waals surface area contributed by atoms with Crippen molar-refractivity contribution in [1.82, 2.24) is 4.90 Å². The van der Waals surface area contributed by atoms with Crippen molar-refractivity contribution in [2.24, 2.45) is 5.92 Å². The molecule has 1 aromatic rings. The van der Waals surface area contributed by atoms with Gasteiger partial charge in [-0.05, 0) is 43.4 Å². The predicted molar refractivity (Wildman–Crippen MR) is 71.0 cm³/mol. The molecule has 1 heterocycles. The number of halogens is 2. The number of piperidine rings is 1. The van der Waals surface area contributed by atoms with Crippen molar-refractivity contribution in [3.8, 4) is 0 Å². The molecule has 0 aliphatic carbocycles. The van der Waals surface area contributed by atoms with E-state index in [1.54, 1.807) is 11.8 Å². The SMILES string of the molecule is CC(O)C1CCN(C(=O)Cc2ccc(F)c(F)c2)CC1. The van der Waals surface area contributed by atoms with E-state index in [4.69, 9.17) is 0 Å². The lowest BCUT2D eigenvalue weighted by atomic mass is 9.92. The number of carbonyl (C=O) groups is 1. The van der Waals surface area contributed by atoms with Crippen molar-refractivity contribution in [1.29, 1.82) is 0 Å². The maximum atomic E-state index is 13.1. The molecule has 1 atom stereocenters. The van der Waals surface area contributed by atoms with Gasteiger partial charge in [-0.2, -0.15) is 0 Å². The zero-order chi connectivity index (χ0) is 14.7. The molecule has 2 rings (SSSR count). The molecule has 1 aliphatic heterocycles. The van der Waals surface area contributed by atoms with Crippen LogP contribution in [0.25, 0.3) is 0 Å². The third-order valence-corrected chi connectivity index (χ3v) is 3.91. The molecule has 1 saturated heterocycles. The molecule has 1 fully saturated rings. The second-order valence-electron chi connectivity index (χ2n) is 5.38. The van der Waals surface area contributed by atoms with Gasteiger partial charge in [0.15, 0.2) is 11.6 Å². The van der Waals surface area contributed by atoms with Crippen molar-refractivity contribution < 1.29 is 18.7 Å². The average molecular weight is 283 g/mol. The molecular weight excluding hydrogens is 264 g/mol. The van der Waals surface area contributed by atoms with Crippen molar-refractivity contribution in [3.63, 3.8) is 0 Å². The number of benzene rings is 1. The molecule has 110 valence electrons. The van der Waals surface area contributed by atoms with Gasteiger partial charge >= 0.3 is 0 Å². The average Bonchev–Trinajstić information content (AvgIpc) is 2.43. The van der Waals surface area contributed by atoms with Crippen LogP contribution in [0.2, 0.25) is 0 Å². The van der Waals surface area contributed by atoms with Crippen LogP contribution in [0.4, 0.5) is 8.78 Å². The number of hydrogen-bond acceptors (Lipinski definition) is 2. The number of likely N-dealkylation sites (tertiary alicyclic amines) is 1. The Hall–Kier alpha value is -1.49. The van der Waals surface area contributed by atoms with Crippen molar-refractivity contribution >= 4 is 5.91 Å². The number of amides is 1. The topological polar surface area (TPSA) is 40.5 Å². The Morgan fingerprint density at radius 1 is 1.35 bits per heavy atom. The number of aliphatic hydroxyl groups excluding tert-OH is 1. The van der Waals surface area contributed by atoms with Crippen LogP contribution < -0.4 is 0 Å². The van der Waals surface area contributed by atoms with Gasteiger partial charge in [0.2, 0.25) is 5.91 Å². The number of nitrogens with zero attached hydrogens (tertiary/aromatic N) is 1. The molecule has 3 nitrogen and oxygen atoms in total. The molecule has 1 aliphatic rings. The number of hydrogen-bond donors (Lipinski definition) is 1. The fourth-order valence-electron chi connectivity index (χ4n) is 2.57. The minimum absolute atomic E-state index is 0.0799. The zero-order valence-corrected chi connectivity index (χ0v) is 11.5. The smallest absolute Gasteiger partial charge is 0.226 e. The second-order valence-corrected chi connectivity index (χ2v) is 5.38. The van der Waals surface area contributed by atoms with Gasteiger partial charge in [0.1, 0.15) is 0 Å². The largest absolute Gasteiger partial charge is 0.393 e. The van der Waals surface area contributed by atoms with Crippen LogP contribution in [0.5, 0.6) is 0 Å². The summed E-state index contributed by atoms with van der Waals surface area (Å²) in [6.45, 7) is 2.99. The molecule has 1 unspecified atom stereocenters. The van der Waals surface area contributed by atoms with E-state index in [1.807, 2.05) is 0 Å². The number of aliphatic hydroxyl groups is 1. The highest BCUT2D eigenvalue weighted by molar-refractivity contribution is 5.78. The fourth-order valence-corrected chi connectivity index (χ4v) is 2.57. The van der Waals surface area contributed by atoms with Crippen LogP contribution in [-0.4, -0.2) is 35.1 Å². The predicted octanol–water partition coefficient (Wildman–Crippen LogP) is 2.13. The van der Waals surface area contributed by atoms with Crippen LogP contribution in [-0.2, 0) is 11.2 Å². The summed E-state index contributed by atoms with van der Waals surface area (Å²) in [7, 11) is 0.